The lowest BCUT2D eigenvalue weighted by atomic mass is 10.0. The van der Waals surface area contributed by atoms with Crippen LogP contribution in [0.3, 0.4) is 0 Å². The fourth-order valence-corrected chi connectivity index (χ4v) is 1.98. The highest BCUT2D eigenvalue weighted by atomic mass is 32.2. The van der Waals surface area contributed by atoms with Gasteiger partial charge in [-0.05, 0) is 27.2 Å². The van der Waals surface area contributed by atoms with E-state index in [1.807, 2.05) is 27.7 Å². The molecule has 0 spiro atoms. The lowest BCUT2D eigenvalue weighted by Crippen LogP contribution is -2.46. The smallest absolute Gasteiger partial charge is 0.233 e. The lowest BCUT2D eigenvalue weighted by Gasteiger charge is -2.27. The van der Waals surface area contributed by atoms with Crippen LogP contribution in [-0.2, 0) is 4.79 Å². The van der Waals surface area contributed by atoms with E-state index in [1.165, 1.54) is 0 Å². The van der Waals surface area contributed by atoms with Crippen LogP contribution in [-0.4, -0.2) is 28.5 Å². The number of thioether (sulfide) groups is 1. The molecule has 2 atom stereocenters. The minimum atomic E-state index is -0.113. The Morgan fingerprint density at radius 3 is 2.40 bits per heavy atom. The second kappa shape index (κ2) is 6.38. The zero-order chi connectivity index (χ0) is 12.1. The second-order valence-electron chi connectivity index (χ2n) is 4.55. The second-order valence-corrected chi connectivity index (χ2v) is 6.34. The van der Waals surface area contributed by atoms with Gasteiger partial charge in [-0.1, -0.05) is 13.8 Å². The molecule has 0 saturated carbocycles. The van der Waals surface area contributed by atoms with Crippen molar-refractivity contribution in [2.45, 2.75) is 57.1 Å². The first-order valence-electron chi connectivity index (χ1n) is 5.50. The van der Waals surface area contributed by atoms with E-state index in [0.29, 0.717) is 11.8 Å². The van der Waals surface area contributed by atoms with Gasteiger partial charge >= 0.3 is 0 Å². The molecule has 0 bridgehead atoms. The lowest BCUT2D eigenvalue weighted by molar-refractivity contribution is -0.121. The van der Waals surface area contributed by atoms with Gasteiger partial charge in [-0.3, -0.25) is 4.79 Å². The average molecular weight is 232 g/mol. The number of hydrogen-bond donors (Lipinski definition) is 2. The van der Waals surface area contributed by atoms with Gasteiger partial charge in [0.2, 0.25) is 5.91 Å². The van der Waals surface area contributed by atoms with Crippen LogP contribution in [0.25, 0.3) is 0 Å². The monoisotopic (exact) mass is 232 g/mol. The predicted octanol–water partition coefficient (Wildman–Crippen LogP) is 1.76. The van der Waals surface area contributed by atoms with E-state index in [9.17, 15) is 4.79 Å². The van der Waals surface area contributed by atoms with Gasteiger partial charge in [-0.25, -0.2) is 0 Å². The van der Waals surface area contributed by atoms with Crippen molar-refractivity contribution in [1.29, 1.82) is 0 Å². The third-order valence-electron chi connectivity index (χ3n) is 2.48. The minimum Gasteiger partial charge on any atom is -0.350 e. The molecule has 4 heteroatoms. The molecule has 0 aliphatic heterocycles. The number of amides is 1. The summed E-state index contributed by atoms with van der Waals surface area (Å²) in [6.07, 6.45) is 0.933. The molecule has 3 N–H and O–H groups in total. The molecule has 0 aromatic carbocycles. The van der Waals surface area contributed by atoms with E-state index < -0.39 is 0 Å². The van der Waals surface area contributed by atoms with Crippen molar-refractivity contribution in [1.82, 2.24) is 5.32 Å². The molecule has 0 saturated heterocycles. The third kappa shape index (κ3) is 6.05. The fourth-order valence-electron chi connectivity index (χ4n) is 0.989. The Morgan fingerprint density at radius 2 is 2.00 bits per heavy atom. The van der Waals surface area contributed by atoms with Crippen molar-refractivity contribution in [2.24, 2.45) is 5.73 Å². The maximum Gasteiger partial charge on any atom is 0.233 e. The molecular formula is C11H24N2OS. The topological polar surface area (TPSA) is 55.1 Å². The summed E-state index contributed by atoms with van der Waals surface area (Å²) in [4.78, 5) is 11.8. The summed E-state index contributed by atoms with van der Waals surface area (Å²) in [5, 5.41) is 3.33. The van der Waals surface area contributed by atoms with Crippen LogP contribution in [0.5, 0.6) is 0 Å². The zero-order valence-corrected chi connectivity index (χ0v) is 11.3. The van der Waals surface area contributed by atoms with Gasteiger partial charge in [-0.2, -0.15) is 0 Å². The van der Waals surface area contributed by atoms with E-state index in [2.05, 4.69) is 12.2 Å². The van der Waals surface area contributed by atoms with Gasteiger partial charge < -0.3 is 11.1 Å². The van der Waals surface area contributed by atoms with Crippen LogP contribution in [0, 0.1) is 0 Å². The molecule has 0 rings (SSSR count). The number of rotatable bonds is 6. The molecule has 2 unspecified atom stereocenters. The summed E-state index contributed by atoms with van der Waals surface area (Å²) in [7, 11) is 0. The first-order valence-corrected chi connectivity index (χ1v) is 6.44. The van der Waals surface area contributed by atoms with Crippen LogP contribution in [0.2, 0.25) is 0 Å². The molecule has 0 fully saturated rings. The van der Waals surface area contributed by atoms with Crippen molar-refractivity contribution in [3.05, 3.63) is 0 Å². The van der Waals surface area contributed by atoms with Gasteiger partial charge in [0, 0.05) is 17.3 Å². The van der Waals surface area contributed by atoms with Crippen molar-refractivity contribution >= 4 is 17.7 Å². The first kappa shape index (κ1) is 14.8. The first-order chi connectivity index (χ1) is 6.82. The van der Waals surface area contributed by atoms with Gasteiger partial charge in [0.1, 0.15) is 0 Å². The molecule has 0 aromatic heterocycles. The SMILES string of the molecule is CCC(C)(C)NC(=O)C(C)SC(C)CN. The van der Waals surface area contributed by atoms with Crippen LogP contribution in [0.4, 0.5) is 0 Å². The number of nitrogens with two attached hydrogens (primary N) is 1. The molecule has 0 aliphatic carbocycles. The molecule has 0 heterocycles. The Morgan fingerprint density at radius 1 is 1.47 bits per heavy atom. The minimum absolute atomic E-state index is 0.0330. The van der Waals surface area contributed by atoms with Crippen LogP contribution in [0.1, 0.15) is 41.0 Å². The van der Waals surface area contributed by atoms with Crippen LogP contribution in [0.15, 0.2) is 0 Å². The molecule has 15 heavy (non-hydrogen) atoms. The normalized spacial score (nSPS) is 15.9. The van der Waals surface area contributed by atoms with Gasteiger partial charge in [-0.15, -0.1) is 11.8 Å². The van der Waals surface area contributed by atoms with Crippen LogP contribution < -0.4 is 11.1 Å². The van der Waals surface area contributed by atoms with E-state index in [4.69, 9.17) is 5.73 Å². The summed E-state index contributed by atoms with van der Waals surface area (Å²) in [6, 6.07) is 0. The number of carbonyl (C=O) groups excluding carboxylic acids is 1. The summed E-state index contributed by atoms with van der Waals surface area (Å²) >= 11 is 1.62. The Balaban J connectivity index is 4.10. The quantitative estimate of drug-likeness (QED) is 0.733. The summed E-state index contributed by atoms with van der Waals surface area (Å²) < 4.78 is 0. The molecule has 1 amide bonds. The number of nitrogens with one attached hydrogen (secondary N) is 1. The van der Waals surface area contributed by atoms with E-state index in [1.54, 1.807) is 11.8 Å². The summed E-state index contributed by atoms with van der Waals surface area (Å²) in [5.74, 6) is 0.104. The zero-order valence-electron chi connectivity index (χ0n) is 10.5. The number of hydrogen-bond acceptors (Lipinski definition) is 3. The molecule has 0 aliphatic rings. The molecule has 90 valence electrons. The molecule has 3 nitrogen and oxygen atoms in total. The Hall–Kier alpha value is -0.220. The van der Waals surface area contributed by atoms with Gasteiger partial charge in [0.25, 0.3) is 0 Å². The van der Waals surface area contributed by atoms with Crippen LogP contribution >= 0.6 is 11.8 Å². The van der Waals surface area contributed by atoms with Crippen molar-refractivity contribution in [2.75, 3.05) is 6.54 Å². The van der Waals surface area contributed by atoms with E-state index in [-0.39, 0.29) is 16.7 Å². The average Bonchev–Trinajstić information content (AvgIpc) is 2.16. The van der Waals surface area contributed by atoms with Crippen molar-refractivity contribution < 1.29 is 4.79 Å². The summed E-state index contributed by atoms with van der Waals surface area (Å²) in [5.41, 5.74) is 5.41. The highest BCUT2D eigenvalue weighted by molar-refractivity contribution is 8.01. The molecule has 0 aromatic rings. The standard InChI is InChI=1S/C11H24N2OS/c1-6-11(4,5)13-10(14)9(3)15-8(2)7-12/h8-9H,6-7,12H2,1-5H3,(H,13,14). The van der Waals surface area contributed by atoms with E-state index >= 15 is 0 Å². The highest BCUT2D eigenvalue weighted by Gasteiger charge is 2.22. The van der Waals surface area contributed by atoms with Gasteiger partial charge in [0.15, 0.2) is 0 Å². The maximum absolute atomic E-state index is 11.8. The number of carbonyl (C=O) groups is 1. The maximum atomic E-state index is 11.8. The molecule has 0 radical (unpaired) electrons. The third-order valence-corrected chi connectivity index (χ3v) is 3.76. The predicted molar refractivity (Wildman–Crippen MR) is 68.1 cm³/mol. The largest absolute Gasteiger partial charge is 0.350 e. The summed E-state index contributed by atoms with van der Waals surface area (Å²) in [6.45, 7) is 10.7. The Bertz CT molecular complexity index is 207. The molecular weight excluding hydrogens is 208 g/mol. The Labute approximate surface area is 97.6 Å². The van der Waals surface area contributed by atoms with E-state index in [0.717, 1.165) is 6.42 Å². The van der Waals surface area contributed by atoms with Gasteiger partial charge in [0.05, 0.1) is 5.25 Å². The van der Waals surface area contributed by atoms with Crippen molar-refractivity contribution in [3.63, 3.8) is 0 Å². The fraction of sp³-hybridized carbons (Fsp3) is 0.909. The Kier molecular flexibility index (Phi) is 6.29. The highest BCUT2D eigenvalue weighted by Crippen LogP contribution is 2.18. The van der Waals surface area contributed by atoms with Crippen molar-refractivity contribution in [3.8, 4) is 0 Å².